The molecule has 4 heteroatoms. The van der Waals surface area contributed by atoms with E-state index in [9.17, 15) is 5.11 Å². The largest absolute Gasteiger partial charge is 0.492 e. The fourth-order valence-electron chi connectivity index (χ4n) is 1.72. The average Bonchev–Trinajstić information content (AvgIpc) is 2.57. The molecule has 3 N–H and O–H groups in total. The second-order valence-corrected chi connectivity index (χ2v) is 5.08. The second kappa shape index (κ2) is 3.80. The molecule has 0 aliphatic carbocycles. The van der Waals surface area contributed by atoms with Gasteiger partial charge in [-0.2, -0.15) is 9.78 Å². The van der Waals surface area contributed by atoms with Crippen LogP contribution in [-0.4, -0.2) is 14.9 Å². The molecule has 0 amide bonds. The molecular formula is C13H17N3O. The average molecular weight is 231 g/mol. The lowest BCUT2D eigenvalue weighted by Crippen LogP contribution is -2.14. The summed E-state index contributed by atoms with van der Waals surface area (Å²) in [7, 11) is 0. The SMILES string of the molecule is CC(C)(C)c1nn(-c2ccccc2)c(O)c1N. The van der Waals surface area contributed by atoms with Crippen molar-refractivity contribution in [1.82, 2.24) is 9.78 Å². The highest BCUT2D eigenvalue weighted by molar-refractivity contribution is 5.57. The summed E-state index contributed by atoms with van der Waals surface area (Å²) in [5.41, 5.74) is 7.55. The molecular weight excluding hydrogens is 214 g/mol. The molecule has 1 aromatic carbocycles. The molecule has 0 spiro atoms. The minimum absolute atomic E-state index is 0.00104. The Morgan fingerprint density at radius 1 is 1.18 bits per heavy atom. The van der Waals surface area contributed by atoms with Gasteiger partial charge in [0.25, 0.3) is 0 Å². The van der Waals surface area contributed by atoms with E-state index in [0.29, 0.717) is 11.4 Å². The molecule has 0 saturated heterocycles. The van der Waals surface area contributed by atoms with E-state index in [-0.39, 0.29) is 11.3 Å². The number of nitrogen functional groups attached to an aromatic ring is 1. The van der Waals surface area contributed by atoms with Gasteiger partial charge in [0.2, 0.25) is 5.88 Å². The highest BCUT2D eigenvalue weighted by Crippen LogP contribution is 2.34. The van der Waals surface area contributed by atoms with Crippen LogP contribution in [0.25, 0.3) is 5.69 Å². The summed E-state index contributed by atoms with van der Waals surface area (Å²) >= 11 is 0. The van der Waals surface area contributed by atoms with E-state index in [0.717, 1.165) is 5.69 Å². The highest BCUT2D eigenvalue weighted by Gasteiger charge is 2.25. The van der Waals surface area contributed by atoms with Crippen LogP contribution in [0, 0.1) is 0 Å². The zero-order chi connectivity index (χ0) is 12.6. The fourth-order valence-corrected chi connectivity index (χ4v) is 1.72. The molecule has 1 heterocycles. The molecule has 0 fully saturated rings. The highest BCUT2D eigenvalue weighted by atomic mass is 16.3. The van der Waals surface area contributed by atoms with Gasteiger partial charge in [0, 0.05) is 5.41 Å². The van der Waals surface area contributed by atoms with Crippen molar-refractivity contribution in [3.63, 3.8) is 0 Å². The number of benzene rings is 1. The van der Waals surface area contributed by atoms with Crippen LogP contribution < -0.4 is 5.73 Å². The lowest BCUT2D eigenvalue weighted by molar-refractivity contribution is 0.435. The van der Waals surface area contributed by atoms with Crippen molar-refractivity contribution in [3.8, 4) is 11.6 Å². The van der Waals surface area contributed by atoms with Gasteiger partial charge in [-0.3, -0.25) is 0 Å². The number of para-hydroxylation sites is 1. The van der Waals surface area contributed by atoms with Gasteiger partial charge < -0.3 is 10.8 Å². The zero-order valence-corrected chi connectivity index (χ0v) is 10.3. The van der Waals surface area contributed by atoms with Crippen molar-refractivity contribution in [1.29, 1.82) is 0 Å². The molecule has 4 nitrogen and oxygen atoms in total. The first-order valence-corrected chi connectivity index (χ1v) is 5.54. The summed E-state index contributed by atoms with van der Waals surface area (Å²) in [6.07, 6.45) is 0. The van der Waals surface area contributed by atoms with Gasteiger partial charge in [0.15, 0.2) is 0 Å². The van der Waals surface area contributed by atoms with Crippen molar-refractivity contribution >= 4 is 5.69 Å². The minimum Gasteiger partial charge on any atom is -0.492 e. The van der Waals surface area contributed by atoms with Crippen LogP contribution in [0.3, 0.4) is 0 Å². The Labute approximate surface area is 101 Å². The van der Waals surface area contributed by atoms with Gasteiger partial charge in [0.05, 0.1) is 11.4 Å². The van der Waals surface area contributed by atoms with E-state index in [1.807, 2.05) is 51.1 Å². The van der Waals surface area contributed by atoms with Crippen molar-refractivity contribution in [2.24, 2.45) is 0 Å². The fraction of sp³-hybridized carbons (Fsp3) is 0.308. The Kier molecular flexibility index (Phi) is 2.58. The number of nitrogens with two attached hydrogens (primary N) is 1. The number of hydrogen-bond donors (Lipinski definition) is 2. The number of aromatic hydroxyl groups is 1. The Morgan fingerprint density at radius 3 is 2.24 bits per heavy atom. The van der Waals surface area contributed by atoms with Crippen molar-refractivity contribution < 1.29 is 5.11 Å². The molecule has 2 rings (SSSR count). The normalized spacial score (nSPS) is 11.7. The van der Waals surface area contributed by atoms with Gasteiger partial charge >= 0.3 is 0 Å². The number of hydrogen-bond acceptors (Lipinski definition) is 3. The Morgan fingerprint density at radius 2 is 1.76 bits per heavy atom. The second-order valence-electron chi connectivity index (χ2n) is 5.08. The van der Waals surface area contributed by atoms with Crippen LogP contribution in [0.15, 0.2) is 30.3 Å². The summed E-state index contributed by atoms with van der Waals surface area (Å²) in [5, 5.41) is 14.4. The smallest absolute Gasteiger partial charge is 0.238 e. The summed E-state index contributed by atoms with van der Waals surface area (Å²) < 4.78 is 1.47. The molecule has 2 aromatic rings. The van der Waals surface area contributed by atoms with E-state index in [1.165, 1.54) is 4.68 Å². The van der Waals surface area contributed by atoms with Gasteiger partial charge in [-0.25, -0.2) is 0 Å². The predicted octanol–water partition coefficient (Wildman–Crippen LogP) is 2.46. The molecule has 17 heavy (non-hydrogen) atoms. The minimum atomic E-state index is -0.193. The first-order valence-electron chi connectivity index (χ1n) is 5.54. The Bertz CT molecular complexity index is 524. The molecule has 0 aliphatic heterocycles. The number of aromatic nitrogens is 2. The molecule has 0 unspecified atom stereocenters. The van der Waals surface area contributed by atoms with Crippen LogP contribution >= 0.6 is 0 Å². The Hall–Kier alpha value is -1.97. The lowest BCUT2D eigenvalue weighted by Gasteiger charge is -2.15. The van der Waals surface area contributed by atoms with Crippen molar-refractivity contribution in [3.05, 3.63) is 36.0 Å². The third-order valence-electron chi connectivity index (χ3n) is 2.61. The topological polar surface area (TPSA) is 64.1 Å². The number of anilines is 1. The van der Waals surface area contributed by atoms with E-state index in [2.05, 4.69) is 5.10 Å². The van der Waals surface area contributed by atoms with Crippen molar-refractivity contribution in [2.75, 3.05) is 5.73 Å². The number of rotatable bonds is 1. The molecule has 0 saturated carbocycles. The molecule has 0 radical (unpaired) electrons. The zero-order valence-electron chi connectivity index (χ0n) is 10.3. The molecule has 0 aliphatic rings. The first-order chi connectivity index (χ1) is 7.91. The van der Waals surface area contributed by atoms with Crippen LogP contribution in [0.1, 0.15) is 26.5 Å². The van der Waals surface area contributed by atoms with Crippen LogP contribution in [0.2, 0.25) is 0 Å². The third-order valence-corrected chi connectivity index (χ3v) is 2.61. The van der Waals surface area contributed by atoms with E-state index in [1.54, 1.807) is 0 Å². The lowest BCUT2D eigenvalue weighted by atomic mass is 9.91. The monoisotopic (exact) mass is 231 g/mol. The van der Waals surface area contributed by atoms with Gasteiger partial charge in [-0.15, -0.1) is 0 Å². The maximum absolute atomic E-state index is 10.0. The van der Waals surface area contributed by atoms with Gasteiger partial charge in [-0.05, 0) is 12.1 Å². The summed E-state index contributed by atoms with van der Waals surface area (Å²) in [4.78, 5) is 0. The third kappa shape index (κ3) is 1.98. The Balaban J connectivity index is 2.59. The van der Waals surface area contributed by atoms with Gasteiger partial charge in [-0.1, -0.05) is 39.0 Å². The van der Waals surface area contributed by atoms with E-state index < -0.39 is 0 Å². The summed E-state index contributed by atoms with van der Waals surface area (Å²) in [6.45, 7) is 6.04. The number of nitrogens with zero attached hydrogens (tertiary/aromatic N) is 2. The molecule has 0 atom stereocenters. The standard InChI is InChI=1S/C13H17N3O/c1-13(2,3)11-10(14)12(17)16(15-11)9-7-5-4-6-8-9/h4-8,17H,14H2,1-3H3. The van der Waals surface area contributed by atoms with Crippen molar-refractivity contribution in [2.45, 2.75) is 26.2 Å². The predicted molar refractivity (Wildman–Crippen MR) is 68.3 cm³/mol. The molecule has 90 valence electrons. The first kappa shape index (κ1) is 11.5. The maximum atomic E-state index is 10.0. The van der Waals surface area contributed by atoms with Crippen LogP contribution in [0.4, 0.5) is 5.69 Å². The maximum Gasteiger partial charge on any atom is 0.238 e. The quantitative estimate of drug-likeness (QED) is 0.792. The summed E-state index contributed by atoms with van der Waals surface area (Å²) in [6, 6.07) is 9.45. The molecule has 0 bridgehead atoms. The molecule has 1 aromatic heterocycles. The van der Waals surface area contributed by atoms with E-state index >= 15 is 0 Å². The van der Waals surface area contributed by atoms with Crippen LogP contribution in [-0.2, 0) is 5.41 Å². The van der Waals surface area contributed by atoms with Gasteiger partial charge in [0.1, 0.15) is 5.69 Å². The van der Waals surface area contributed by atoms with E-state index in [4.69, 9.17) is 5.73 Å². The van der Waals surface area contributed by atoms with Crippen LogP contribution in [0.5, 0.6) is 5.88 Å². The summed E-state index contributed by atoms with van der Waals surface area (Å²) in [5.74, 6) is 0.00104.